The molecular formula is C23H20ClF6N3O2. The topological polar surface area (TPSA) is 63.1 Å². The number of halogens is 7. The molecule has 3 rings (SSSR count). The molecule has 1 unspecified atom stereocenters. The van der Waals surface area contributed by atoms with Gasteiger partial charge in [0.05, 0.1) is 11.1 Å². The summed E-state index contributed by atoms with van der Waals surface area (Å²) in [7, 11) is 0. The number of nitrogens with one attached hydrogen (secondary N) is 2. The van der Waals surface area contributed by atoms with Crippen molar-refractivity contribution in [3.8, 4) is 0 Å². The predicted molar refractivity (Wildman–Crippen MR) is 118 cm³/mol. The minimum atomic E-state index is -5.06. The van der Waals surface area contributed by atoms with Gasteiger partial charge in [0.1, 0.15) is 5.69 Å². The zero-order chi connectivity index (χ0) is 26.1. The summed E-state index contributed by atoms with van der Waals surface area (Å²) in [5.41, 5.74) is -1.14. The molecule has 2 amide bonds. The number of fused-ring (bicyclic) bond motifs is 1. The zero-order valence-corrected chi connectivity index (χ0v) is 19.2. The summed E-state index contributed by atoms with van der Waals surface area (Å²) in [6.45, 7) is 3.30. The van der Waals surface area contributed by atoms with E-state index in [9.17, 15) is 35.9 Å². The van der Waals surface area contributed by atoms with Crippen LogP contribution in [0.1, 0.15) is 47.1 Å². The highest BCUT2D eigenvalue weighted by atomic mass is 35.5. The van der Waals surface area contributed by atoms with Gasteiger partial charge in [0.2, 0.25) is 5.91 Å². The molecule has 35 heavy (non-hydrogen) atoms. The molecule has 188 valence electrons. The van der Waals surface area contributed by atoms with Gasteiger partial charge in [0, 0.05) is 30.4 Å². The number of rotatable bonds is 6. The number of aromatic nitrogens is 1. The summed E-state index contributed by atoms with van der Waals surface area (Å²) in [6, 6.07) is 4.56. The molecular weight excluding hydrogens is 500 g/mol. The molecule has 0 bridgehead atoms. The molecule has 1 atom stereocenters. The van der Waals surface area contributed by atoms with Gasteiger partial charge < -0.3 is 15.2 Å². The minimum Gasteiger partial charge on any atom is -0.352 e. The van der Waals surface area contributed by atoms with Gasteiger partial charge in [-0.1, -0.05) is 23.7 Å². The number of carbonyl (C=O) groups is 2. The summed E-state index contributed by atoms with van der Waals surface area (Å²) in [6.07, 6.45) is -9.91. The van der Waals surface area contributed by atoms with E-state index in [2.05, 4.69) is 5.32 Å². The van der Waals surface area contributed by atoms with E-state index in [4.69, 9.17) is 11.6 Å². The fourth-order valence-electron chi connectivity index (χ4n) is 3.67. The van der Waals surface area contributed by atoms with Crippen molar-refractivity contribution in [3.63, 3.8) is 0 Å². The van der Waals surface area contributed by atoms with Crippen molar-refractivity contribution < 1.29 is 35.9 Å². The van der Waals surface area contributed by atoms with E-state index in [1.165, 1.54) is 23.6 Å². The van der Waals surface area contributed by atoms with Crippen molar-refractivity contribution in [2.75, 3.05) is 0 Å². The lowest BCUT2D eigenvalue weighted by Crippen LogP contribution is -2.39. The SMILES string of the molecule is CCn1c(C(=O)NC(c2cccc(C(F)(F)F)c2)C(F)(F)F)cc2cc(CNC(C)=O)c(Cl)cc21. The average Bonchev–Trinajstić information content (AvgIpc) is 3.11. The van der Waals surface area contributed by atoms with Crippen LogP contribution in [-0.2, 0) is 24.1 Å². The zero-order valence-electron chi connectivity index (χ0n) is 18.4. The highest BCUT2D eigenvalue weighted by Crippen LogP contribution is 2.37. The van der Waals surface area contributed by atoms with Crippen molar-refractivity contribution in [3.05, 3.63) is 69.9 Å². The van der Waals surface area contributed by atoms with Gasteiger partial charge in [0.25, 0.3) is 5.91 Å². The molecule has 2 aromatic carbocycles. The largest absolute Gasteiger partial charge is 0.416 e. The second-order valence-electron chi connectivity index (χ2n) is 7.76. The minimum absolute atomic E-state index is 0.106. The highest BCUT2D eigenvalue weighted by Gasteiger charge is 2.43. The number of benzene rings is 2. The lowest BCUT2D eigenvalue weighted by atomic mass is 10.0. The van der Waals surface area contributed by atoms with Gasteiger partial charge in [-0.15, -0.1) is 0 Å². The first kappa shape index (κ1) is 26.4. The fraction of sp³-hybridized carbons (Fsp3) is 0.304. The van der Waals surface area contributed by atoms with Crippen molar-refractivity contribution in [2.24, 2.45) is 0 Å². The third-order valence-electron chi connectivity index (χ3n) is 5.30. The summed E-state index contributed by atoms with van der Waals surface area (Å²) in [5.74, 6) is -1.41. The van der Waals surface area contributed by atoms with Gasteiger partial charge in [-0.25, -0.2) is 0 Å². The molecule has 0 fully saturated rings. The number of hydrogen-bond donors (Lipinski definition) is 2. The van der Waals surface area contributed by atoms with Gasteiger partial charge in [0.15, 0.2) is 6.04 Å². The van der Waals surface area contributed by atoms with E-state index in [0.29, 0.717) is 28.6 Å². The van der Waals surface area contributed by atoms with Crippen LogP contribution in [0.4, 0.5) is 26.3 Å². The Bertz CT molecular complexity index is 1270. The lowest BCUT2D eigenvalue weighted by Gasteiger charge is -2.23. The molecule has 0 aliphatic carbocycles. The van der Waals surface area contributed by atoms with Gasteiger partial charge in [-0.2, -0.15) is 26.3 Å². The Kier molecular flexibility index (Phi) is 7.39. The van der Waals surface area contributed by atoms with Crippen LogP contribution in [0.25, 0.3) is 10.9 Å². The maximum Gasteiger partial charge on any atom is 0.416 e. The molecule has 0 spiro atoms. The molecule has 1 heterocycles. The van der Waals surface area contributed by atoms with E-state index in [1.807, 2.05) is 5.32 Å². The molecule has 5 nitrogen and oxygen atoms in total. The molecule has 2 N–H and O–H groups in total. The van der Waals surface area contributed by atoms with Crippen LogP contribution in [0.2, 0.25) is 5.02 Å². The van der Waals surface area contributed by atoms with Crippen LogP contribution in [0.3, 0.4) is 0 Å². The Morgan fingerprint density at radius 2 is 1.74 bits per heavy atom. The molecule has 0 radical (unpaired) electrons. The van der Waals surface area contributed by atoms with Crippen molar-refractivity contribution in [1.82, 2.24) is 15.2 Å². The number of amides is 2. The van der Waals surface area contributed by atoms with Crippen molar-refractivity contribution >= 4 is 34.3 Å². The third kappa shape index (κ3) is 5.90. The fourth-order valence-corrected chi connectivity index (χ4v) is 3.89. The third-order valence-corrected chi connectivity index (χ3v) is 5.65. The van der Waals surface area contributed by atoms with Crippen molar-refractivity contribution in [1.29, 1.82) is 0 Å². The smallest absolute Gasteiger partial charge is 0.352 e. The van der Waals surface area contributed by atoms with Crippen LogP contribution < -0.4 is 10.6 Å². The molecule has 12 heteroatoms. The molecule has 0 saturated carbocycles. The quantitative estimate of drug-likeness (QED) is 0.392. The van der Waals surface area contributed by atoms with E-state index < -0.39 is 35.4 Å². The first-order valence-electron chi connectivity index (χ1n) is 10.3. The molecule has 3 aromatic rings. The molecule has 0 aliphatic heterocycles. The first-order chi connectivity index (χ1) is 16.2. The number of carbonyl (C=O) groups excluding carboxylic acids is 2. The van der Waals surface area contributed by atoms with Crippen LogP contribution in [0.5, 0.6) is 0 Å². The van der Waals surface area contributed by atoms with Crippen molar-refractivity contribution in [2.45, 2.75) is 45.3 Å². The summed E-state index contributed by atoms with van der Waals surface area (Å²) < 4.78 is 81.9. The Labute approximate surface area is 201 Å². The average molecular weight is 520 g/mol. The highest BCUT2D eigenvalue weighted by molar-refractivity contribution is 6.32. The first-order valence-corrected chi connectivity index (χ1v) is 10.7. The Morgan fingerprint density at radius 1 is 1.06 bits per heavy atom. The van der Waals surface area contributed by atoms with E-state index in [1.54, 1.807) is 13.0 Å². The lowest BCUT2D eigenvalue weighted by molar-refractivity contribution is -0.156. The molecule has 1 aromatic heterocycles. The van der Waals surface area contributed by atoms with Crippen LogP contribution in [0.15, 0.2) is 42.5 Å². The normalized spacial score (nSPS) is 13.1. The van der Waals surface area contributed by atoms with Crippen LogP contribution in [0, 0.1) is 0 Å². The van der Waals surface area contributed by atoms with Gasteiger partial charge in [-0.05, 0) is 48.4 Å². The van der Waals surface area contributed by atoms with E-state index in [0.717, 1.165) is 12.1 Å². The summed E-state index contributed by atoms with van der Waals surface area (Å²) >= 11 is 6.27. The van der Waals surface area contributed by atoms with Gasteiger partial charge >= 0.3 is 12.4 Å². The van der Waals surface area contributed by atoms with Gasteiger partial charge in [-0.3, -0.25) is 9.59 Å². The Balaban J connectivity index is 2.01. The second-order valence-corrected chi connectivity index (χ2v) is 8.16. The molecule has 0 aliphatic rings. The number of alkyl halides is 6. The van der Waals surface area contributed by atoms with E-state index in [-0.39, 0.29) is 29.7 Å². The Morgan fingerprint density at radius 3 is 2.31 bits per heavy atom. The number of hydrogen-bond acceptors (Lipinski definition) is 2. The summed E-state index contributed by atoms with van der Waals surface area (Å²) in [4.78, 5) is 24.1. The van der Waals surface area contributed by atoms with Crippen LogP contribution >= 0.6 is 11.6 Å². The number of aryl methyl sites for hydroxylation is 1. The summed E-state index contributed by atoms with van der Waals surface area (Å²) in [5, 5.41) is 5.19. The standard InChI is InChI=1S/C23H20ClF6N3O2/c1-3-33-18-10-17(24)15(11-31-12(2)34)7-14(18)9-19(33)21(35)32-20(23(28,29)30)13-5-4-6-16(8-13)22(25,26)27/h4-10,20H,3,11H2,1-2H3,(H,31,34)(H,32,35). The predicted octanol–water partition coefficient (Wildman–Crippen LogP) is 6.00. The van der Waals surface area contributed by atoms with Crippen LogP contribution in [-0.4, -0.2) is 22.6 Å². The maximum absolute atomic E-state index is 13.8. The molecule has 0 saturated heterocycles. The maximum atomic E-state index is 13.8. The monoisotopic (exact) mass is 519 g/mol. The second kappa shape index (κ2) is 9.80. The number of nitrogens with zero attached hydrogens (tertiary/aromatic N) is 1. The van der Waals surface area contributed by atoms with E-state index >= 15 is 0 Å². The Hall–Kier alpha value is -3.21.